The molecule has 1 atom stereocenters. The third-order valence-electron chi connectivity index (χ3n) is 4.83. The first kappa shape index (κ1) is 18.1. The highest BCUT2D eigenvalue weighted by molar-refractivity contribution is 5.94. The number of hydrogen-bond acceptors (Lipinski definition) is 4. The second kappa shape index (κ2) is 7.68. The van der Waals surface area contributed by atoms with Gasteiger partial charge in [-0.05, 0) is 31.4 Å². The highest BCUT2D eigenvalue weighted by Gasteiger charge is 2.25. The van der Waals surface area contributed by atoms with Crippen LogP contribution in [0.3, 0.4) is 0 Å². The molecule has 2 heterocycles. The number of fused-ring (bicyclic) bond motifs is 1. The lowest BCUT2D eigenvalue weighted by atomic mass is 10.1. The largest absolute Gasteiger partial charge is 0.348 e. The quantitative estimate of drug-likeness (QED) is 0.899. The van der Waals surface area contributed by atoms with E-state index >= 15 is 0 Å². The van der Waals surface area contributed by atoms with Gasteiger partial charge in [-0.15, -0.1) is 0 Å². The second-order valence-corrected chi connectivity index (χ2v) is 6.69. The molecule has 138 valence electrons. The van der Waals surface area contributed by atoms with Crippen LogP contribution in [0.25, 0.3) is 11.0 Å². The van der Waals surface area contributed by atoms with E-state index in [1.54, 1.807) is 19.2 Å². The van der Waals surface area contributed by atoms with Crippen LogP contribution in [0.1, 0.15) is 43.1 Å². The molecule has 3 rings (SSSR count). The topological polar surface area (TPSA) is 84.3 Å². The summed E-state index contributed by atoms with van der Waals surface area (Å²) in [5.74, 6) is -0.346. The van der Waals surface area contributed by atoms with E-state index in [9.17, 15) is 14.4 Å². The summed E-state index contributed by atoms with van der Waals surface area (Å²) in [6, 6.07) is 7.09. The van der Waals surface area contributed by atoms with Crippen molar-refractivity contribution in [2.75, 3.05) is 13.1 Å². The average molecular weight is 356 g/mol. The number of benzene rings is 1. The van der Waals surface area contributed by atoms with Gasteiger partial charge >= 0.3 is 0 Å². The summed E-state index contributed by atoms with van der Waals surface area (Å²) >= 11 is 0. The summed E-state index contributed by atoms with van der Waals surface area (Å²) in [6.45, 7) is 3.41. The van der Waals surface area contributed by atoms with E-state index in [-0.39, 0.29) is 17.6 Å². The minimum Gasteiger partial charge on any atom is -0.348 e. The third kappa shape index (κ3) is 3.61. The lowest BCUT2D eigenvalue weighted by Gasteiger charge is -2.20. The summed E-state index contributed by atoms with van der Waals surface area (Å²) in [5, 5.41) is 2.90. The van der Waals surface area contributed by atoms with Crippen molar-refractivity contribution in [2.45, 2.75) is 38.6 Å². The van der Waals surface area contributed by atoms with E-state index in [4.69, 9.17) is 0 Å². The fraction of sp³-hybridized carbons (Fsp3) is 0.474. The third-order valence-corrected chi connectivity index (χ3v) is 4.83. The zero-order valence-electron chi connectivity index (χ0n) is 15.2. The summed E-state index contributed by atoms with van der Waals surface area (Å²) in [7, 11) is 1.63. The van der Waals surface area contributed by atoms with Gasteiger partial charge < -0.3 is 14.8 Å². The van der Waals surface area contributed by atoms with E-state index in [1.807, 2.05) is 24.0 Å². The van der Waals surface area contributed by atoms with E-state index in [1.165, 1.54) is 4.57 Å². The van der Waals surface area contributed by atoms with Crippen molar-refractivity contribution in [1.29, 1.82) is 0 Å². The highest BCUT2D eigenvalue weighted by atomic mass is 16.2. The smallest absolute Gasteiger partial charge is 0.282 e. The number of nitrogens with one attached hydrogen (secondary N) is 1. The fourth-order valence-corrected chi connectivity index (χ4v) is 3.37. The van der Waals surface area contributed by atoms with Gasteiger partial charge in [0.2, 0.25) is 5.91 Å². The van der Waals surface area contributed by atoms with Crippen LogP contribution in [0.15, 0.2) is 29.1 Å². The standard InChI is InChI=1S/C19H24N4O3/c1-3-11-23-12-10-13(8-9-16(23)24)20-18(25)17-19(26)22(2)15-7-5-4-6-14(15)21-17/h4-7,13H,3,8-12H2,1-2H3,(H,20,25). The molecular formula is C19H24N4O3. The van der Waals surface area contributed by atoms with E-state index in [0.29, 0.717) is 36.8 Å². The highest BCUT2D eigenvalue weighted by Crippen LogP contribution is 2.14. The molecule has 0 spiro atoms. The monoisotopic (exact) mass is 356 g/mol. The van der Waals surface area contributed by atoms with Crippen LogP contribution < -0.4 is 10.9 Å². The Bertz CT molecular complexity index is 890. The first-order valence-electron chi connectivity index (χ1n) is 9.05. The Morgan fingerprint density at radius 3 is 2.81 bits per heavy atom. The first-order valence-corrected chi connectivity index (χ1v) is 9.05. The normalized spacial score (nSPS) is 18.0. The summed E-state index contributed by atoms with van der Waals surface area (Å²) in [4.78, 5) is 43.4. The molecule has 1 saturated heterocycles. The molecule has 0 aliphatic carbocycles. The van der Waals surface area contributed by atoms with Crippen LogP contribution in [0.4, 0.5) is 0 Å². The van der Waals surface area contributed by atoms with Crippen molar-refractivity contribution in [3.63, 3.8) is 0 Å². The van der Waals surface area contributed by atoms with Gasteiger partial charge in [-0.25, -0.2) is 4.98 Å². The first-order chi connectivity index (χ1) is 12.5. The minimum atomic E-state index is -0.474. The van der Waals surface area contributed by atoms with Gasteiger partial charge in [-0.3, -0.25) is 14.4 Å². The van der Waals surface area contributed by atoms with Gasteiger partial charge in [0.15, 0.2) is 5.69 Å². The maximum absolute atomic E-state index is 12.6. The number of carbonyl (C=O) groups excluding carboxylic acids is 2. The van der Waals surface area contributed by atoms with Crippen LogP contribution in [0, 0.1) is 0 Å². The van der Waals surface area contributed by atoms with Crippen molar-refractivity contribution in [3.8, 4) is 0 Å². The molecule has 1 aliphatic heterocycles. The molecule has 0 bridgehead atoms. The number of carbonyl (C=O) groups is 2. The minimum absolute atomic E-state index is 0.104. The number of aromatic nitrogens is 2. The Morgan fingerprint density at radius 1 is 1.27 bits per heavy atom. The van der Waals surface area contributed by atoms with E-state index in [2.05, 4.69) is 10.3 Å². The molecule has 1 aliphatic rings. The molecule has 26 heavy (non-hydrogen) atoms. The van der Waals surface area contributed by atoms with Gasteiger partial charge in [0.1, 0.15) is 0 Å². The van der Waals surface area contributed by atoms with Gasteiger partial charge in [-0.1, -0.05) is 19.1 Å². The molecule has 1 fully saturated rings. The Balaban J connectivity index is 1.78. The summed E-state index contributed by atoms with van der Waals surface area (Å²) in [6.07, 6.45) is 2.60. The van der Waals surface area contributed by atoms with Gasteiger partial charge in [0, 0.05) is 32.6 Å². The van der Waals surface area contributed by atoms with Crippen LogP contribution in [0.2, 0.25) is 0 Å². The van der Waals surface area contributed by atoms with Crippen molar-refractivity contribution >= 4 is 22.8 Å². The molecular weight excluding hydrogens is 332 g/mol. The molecule has 0 radical (unpaired) electrons. The van der Waals surface area contributed by atoms with Crippen LogP contribution in [-0.4, -0.2) is 45.4 Å². The van der Waals surface area contributed by atoms with E-state index in [0.717, 1.165) is 13.0 Å². The fourth-order valence-electron chi connectivity index (χ4n) is 3.37. The Hall–Kier alpha value is -2.70. The van der Waals surface area contributed by atoms with Gasteiger partial charge in [0.05, 0.1) is 11.0 Å². The zero-order chi connectivity index (χ0) is 18.7. The van der Waals surface area contributed by atoms with Crippen molar-refractivity contribution in [1.82, 2.24) is 19.8 Å². The lowest BCUT2D eigenvalue weighted by molar-refractivity contribution is -0.130. The summed E-state index contributed by atoms with van der Waals surface area (Å²) < 4.78 is 1.44. The van der Waals surface area contributed by atoms with Crippen molar-refractivity contribution < 1.29 is 9.59 Å². The molecule has 7 nitrogen and oxygen atoms in total. The van der Waals surface area contributed by atoms with Crippen molar-refractivity contribution in [3.05, 3.63) is 40.3 Å². The van der Waals surface area contributed by atoms with Gasteiger partial charge in [0.25, 0.3) is 11.5 Å². The van der Waals surface area contributed by atoms with Crippen LogP contribution in [-0.2, 0) is 11.8 Å². The molecule has 1 aromatic heterocycles. The summed E-state index contributed by atoms with van der Waals surface area (Å²) in [5.41, 5.74) is 0.764. The average Bonchev–Trinajstić information content (AvgIpc) is 2.81. The Morgan fingerprint density at radius 2 is 2.04 bits per heavy atom. The predicted molar refractivity (Wildman–Crippen MR) is 99.0 cm³/mol. The Kier molecular flexibility index (Phi) is 5.35. The zero-order valence-corrected chi connectivity index (χ0v) is 15.2. The van der Waals surface area contributed by atoms with Crippen molar-refractivity contribution in [2.24, 2.45) is 7.05 Å². The number of likely N-dealkylation sites (tertiary alicyclic amines) is 1. The molecule has 1 unspecified atom stereocenters. The van der Waals surface area contributed by atoms with Crippen LogP contribution in [0.5, 0.6) is 0 Å². The molecule has 7 heteroatoms. The molecule has 0 saturated carbocycles. The number of hydrogen-bond donors (Lipinski definition) is 1. The predicted octanol–water partition coefficient (Wildman–Crippen LogP) is 1.45. The maximum atomic E-state index is 12.6. The molecule has 2 amide bonds. The molecule has 2 aromatic rings. The molecule has 1 aromatic carbocycles. The number of rotatable bonds is 4. The van der Waals surface area contributed by atoms with Crippen LogP contribution >= 0.6 is 0 Å². The lowest BCUT2D eigenvalue weighted by Crippen LogP contribution is -2.40. The Labute approximate surface area is 152 Å². The second-order valence-electron chi connectivity index (χ2n) is 6.69. The number of para-hydroxylation sites is 2. The van der Waals surface area contributed by atoms with E-state index < -0.39 is 11.5 Å². The SMILES string of the molecule is CCCN1CCC(NC(=O)c2nc3ccccc3n(C)c2=O)CCC1=O. The van der Waals surface area contributed by atoms with Gasteiger partial charge in [-0.2, -0.15) is 0 Å². The number of aryl methyl sites for hydroxylation is 1. The maximum Gasteiger partial charge on any atom is 0.282 e. The molecule has 1 N–H and O–H groups in total. The number of nitrogens with zero attached hydrogens (tertiary/aromatic N) is 3. The number of amides is 2.